The highest BCUT2D eigenvalue weighted by molar-refractivity contribution is 5.79. The Morgan fingerprint density at radius 3 is 2.76 bits per heavy atom. The molecule has 1 aromatic carbocycles. The van der Waals surface area contributed by atoms with E-state index >= 15 is 0 Å². The van der Waals surface area contributed by atoms with Gasteiger partial charge in [-0.05, 0) is 49.3 Å². The Morgan fingerprint density at radius 2 is 2.05 bits per heavy atom. The maximum atomic E-state index is 10.9. The number of benzene rings is 1. The van der Waals surface area contributed by atoms with Crippen molar-refractivity contribution in [3.05, 3.63) is 42.1 Å². The largest absolute Gasteiger partial charge is 0.385 e. The van der Waals surface area contributed by atoms with Crippen LogP contribution < -0.4 is 0 Å². The molecular formula is C18H23NO2. The molecule has 1 fully saturated rings. The van der Waals surface area contributed by atoms with Crippen molar-refractivity contribution in [2.45, 2.75) is 44.3 Å². The molecule has 1 aromatic heterocycles. The Kier molecular flexibility index (Phi) is 3.96. The van der Waals surface area contributed by atoms with E-state index in [1.165, 1.54) is 0 Å². The molecule has 3 heteroatoms. The first kappa shape index (κ1) is 14.5. The van der Waals surface area contributed by atoms with E-state index in [1.807, 2.05) is 30.3 Å². The molecule has 3 rings (SSSR count). The maximum absolute atomic E-state index is 10.9. The number of aliphatic hydroxyl groups excluding tert-OH is 1. The van der Waals surface area contributed by atoms with Gasteiger partial charge in [0.2, 0.25) is 0 Å². The summed E-state index contributed by atoms with van der Waals surface area (Å²) in [6, 6.07) is 9.96. The standard InChI is InChI=1S/C18H23NO2/c1-13-7-9-18(21-2,10-8-13)17(20)15-6-5-14-4-3-11-19-16(14)12-15/h3-6,11-13,17,20H,7-10H2,1-2H3. The molecule has 0 saturated heterocycles. The van der Waals surface area contributed by atoms with Crippen LogP contribution in [0.3, 0.4) is 0 Å². The van der Waals surface area contributed by atoms with Crippen LogP contribution in [0.15, 0.2) is 36.5 Å². The fourth-order valence-electron chi connectivity index (χ4n) is 3.40. The van der Waals surface area contributed by atoms with Gasteiger partial charge >= 0.3 is 0 Å². The molecule has 1 aliphatic carbocycles. The second-order valence-corrected chi connectivity index (χ2v) is 6.31. The monoisotopic (exact) mass is 285 g/mol. The van der Waals surface area contributed by atoms with E-state index in [-0.39, 0.29) is 0 Å². The molecule has 0 spiro atoms. The van der Waals surface area contributed by atoms with Gasteiger partial charge in [-0.3, -0.25) is 4.98 Å². The van der Waals surface area contributed by atoms with Crippen LogP contribution in [0.5, 0.6) is 0 Å². The number of hydrogen-bond donors (Lipinski definition) is 1. The van der Waals surface area contributed by atoms with E-state index in [0.717, 1.165) is 48.1 Å². The van der Waals surface area contributed by atoms with Crippen LogP contribution in [-0.2, 0) is 4.74 Å². The van der Waals surface area contributed by atoms with Gasteiger partial charge in [0, 0.05) is 18.7 Å². The van der Waals surface area contributed by atoms with Crippen LogP contribution in [0, 0.1) is 5.92 Å². The predicted octanol–water partition coefficient (Wildman–Crippen LogP) is 3.86. The molecule has 1 saturated carbocycles. The van der Waals surface area contributed by atoms with Crippen molar-refractivity contribution in [3.63, 3.8) is 0 Å². The highest BCUT2D eigenvalue weighted by Crippen LogP contribution is 2.43. The Bertz CT molecular complexity index is 617. The number of ether oxygens (including phenoxy) is 1. The van der Waals surface area contributed by atoms with Crippen LogP contribution >= 0.6 is 0 Å². The quantitative estimate of drug-likeness (QED) is 0.931. The minimum atomic E-state index is -0.596. The fraction of sp³-hybridized carbons (Fsp3) is 0.500. The number of aromatic nitrogens is 1. The number of methoxy groups -OCH3 is 1. The minimum Gasteiger partial charge on any atom is -0.385 e. The first-order valence-corrected chi connectivity index (χ1v) is 7.72. The average molecular weight is 285 g/mol. The van der Waals surface area contributed by atoms with Crippen LogP contribution in [0.2, 0.25) is 0 Å². The number of fused-ring (bicyclic) bond motifs is 1. The molecule has 0 amide bonds. The number of rotatable bonds is 3. The highest BCUT2D eigenvalue weighted by Gasteiger charge is 2.41. The van der Waals surface area contributed by atoms with Gasteiger partial charge in [-0.15, -0.1) is 0 Å². The minimum absolute atomic E-state index is 0.449. The van der Waals surface area contributed by atoms with E-state index in [0.29, 0.717) is 0 Å². The summed E-state index contributed by atoms with van der Waals surface area (Å²) in [4.78, 5) is 4.38. The van der Waals surface area contributed by atoms with Crippen molar-refractivity contribution in [1.82, 2.24) is 4.98 Å². The van der Waals surface area contributed by atoms with E-state index in [4.69, 9.17) is 4.74 Å². The Labute approximate surface area is 126 Å². The van der Waals surface area contributed by atoms with Crippen molar-refractivity contribution in [2.24, 2.45) is 5.92 Å². The van der Waals surface area contributed by atoms with Crippen molar-refractivity contribution < 1.29 is 9.84 Å². The summed E-state index contributed by atoms with van der Waals surface area (Å²) in [5.41, 5.74) is 1.37. The third-order valence-corrected chi connectivity index (χ3v) is 4.97. The molecule has 3 nitrogen and oxygen atoms in total. The number of nitrogens with zero attached hydrogens (tertiary/aromatic N) is 1. The van der Waals surface area contributed by atoms with Gasteiger partial charge in [-0.25, -0.2) is 0 Å². The second kappa shape index (κ2) is 5.74. The normalized spacial score (nSPS) is 27.7. The molecule has 2 aromatic rings. The lowest BCUT2D eigenvalue weighted by Gasteiger charge is -2.41. The van der Waals surface area contributed by atoms with Gasteiger partial charge in [0.25, 0.3) is 0 Å². The molecule has 1 aliphatic rings. The van der Waals surface area contributed by atoms with E-state index in [2.05, 4.69) is 11.9 Å². The Hall–Kier alpha value is -1.45. The third kappa shape index (κ3) is 2.68. The topological polar surface area (TPSA) is 42.4 Å². The SMILES string of the molecule is COC1(C(O)c2ccc3cccnc3c2)CCC(C)CC1. The molecule has 112 valence electrons. The average Bonchev–Trinajstić information content (AvgIpc) is 2.55. The molecule has 21 heavy (non-hydrogen) atoms. The number of aliphatic hydroxyl groups is 1. The van der Waals surface area contributed by atoms with Gasteiger partial charge in [0.15, 0.2) is 0 Å². The first-order valence-electron chi connectivity index (χ1n) is 7.72. The molecule has 1 atom stereocenters. The zero-order chi connectivity index (χ0) is 14.9. The van der Waals surface area contributed by atoms with Crippen LogP contribution in [0.4, 0.5) is 0 Å². The molecule has 0 radical (unpaired) electrons. The molecular weight excluding hydrogens is 262 g/mol. The van der Waals surface area contributed by atoms with Crippen molar-refractivity contribution >= 4 is 10.9 Å². The third-order valence-electron chi connectivity index (χ3n) is 4.97. The lowest BCUT2D eigenvalue weighted by atomic mass is 9.74. The fourth-order valence-corrected chi connectivity index (χ4v) is 3.40. The molecule has 1 unspecified atom stereocenters. The molecule has 0 bridgehead atoms. The highest BCUT2D eigenvalue weighted by atomic mass is 16.5. The van der Waals surface area contributed by atoms with Crippen LogP contribution in [0.25, 0.3) is 10.9 Å². The first-order chi connectivity index (χ1) is 10.1. The summed E-state index contributed by atoms with van der Waals surface area (Å²) in [5.74, 6) is 0.721. The van der Waals surface area contributed by atoms with Crippen molar-refractivity contribution in [3.8, 4) is 0 Å². The van der Waals surface area contributed by atoms with Gasteiger partial charge < -0.3 is 9.84 Å². The van der Waals surface area contributed by atoms with Gasteiger partial charge in [-0.1, -0.05) is 25.1 Å². The summed E-state index contributed by atoms with van der Waals surface area (Å²) < 4.78 is 5.78. The van der Waals surface area contributed by atoms with E-state index in [9.17, 15) is 5.11 Å². The van der Waals surface area contributed by atoms with Crippen molar-refractivity contribution in [1.29, 1.82) is 0 Å². The van der Waals surface area contributed by atoms with E-state index < -0.39 is 11.7 Å². The Morgan fingerprint density at radius 1 is 1.29 bits per heavy atom. The Balaban J connectivity index is 1.92. The summed E-state index contributed by atoms with van der Waals surface area (Å²) >= 11 is 0. The molecule has 1 N–H and O–H groups in total. The van der Waals surface area contributed by atoms with Gasteiger partial charge in [0.05, 0.1) is 11.1 Å². The van der Waals surface area contributed by atoms with E-state index in [1.54, 1.807) is 13.3 Å². The molecule has 1 heterocycles. The lowest BCUT2D eigenvalue weighted by molar-refractivity contribution is -0.130. The second-order valence-electron chi connectivity index (χ2n) is 6.31. The van der Waals surface area contributed by atoms with Gasteiger partial charge in [-0.2, -0.15) is 0 Å². The summed E-state index contributed by atoms with van der Waals surface area (Å²) in [5, 5.41) is 12.0. The summed E-state index contributed by atoms with van der Waals surface area (Å²) in [7, 11) is 1.72. The zero-order valence-electron chi connectivity index (χ0n) is 12.7. The zero-order valence-corrected chi connectivity index (χ0v) is 12.7. The predicted molar refractivity (Wildman–Crippen MR) is 84.1 cm³/mol. The summed E-state index contributed by atoms with van der Waals surface area (Å²) in [6.45, 7) is 2.27. The maximum Gasteiger partial charge on any atom is 0.108 e. The lowest BCUT2D eigenvalue weighted by Crippen LogP contribution is -2.41. The number of hydrogen-bond acceptors (Lipinski definition) is 3. The molecule has 0 aliphatic heterocycles. The van der Waals surface area contributed by atoms with Crippen LogP contribution in [-0.4, -0.2) is 22.8 Å². The number of pyridine rings is 1. The summed E-state index contributed by atoms with van der Waals surface area (Å²) in [6.07, 6.45) is 5.22. The smallest absolute Gasteiger partial charge is 0.108 e. The van der Waals surface area contributed by atoms with Gasteiger partial charge in [0.1, 0.15) is 6.10 Å². The van der Waals surface area contributed by atoms with Crippen molar-refractivity contribution in [2.75, 3.05) is 7.11 Å². The van der Waals surface area contributed by atoms with Crippen LogP contribution in [0.1, 0.15) is 44.3 Å².